The van der Waals surface area contributed by atoms with Crippen molar-refractivity contribution in [1.29, 1.82) is 0 Å². The quantitative estimate of drug-likeness (QED) is 0.624. The minimum Gasteiger partial charge on any atom is -0.508 e. The standard InChI is InChI=1S/C27H41NO6/c1-18(2)8-7-11-26(6)21-15-27(16-28(12-13-32-27)24(30)34-25(3,4)5)17-31-23(21)20-10-9-19(29)14-22(20)33-26/h9-10,14,18,21,23,29H,7-8,11-13,15-17H2,1-6H3/t21-,23+,26+,27+/m0/s1. The molecule has 0 unspecified atom stereocenters. The number of phenols is 1. The molecule has 4 rings (SSSR count). The maximum Gasteiger partial charge on any atom is 0.410 e. The molecule has 3 heterocycles. The molecule has 0 saturated carbocycles. The lowest BCUT2D eigenvalue weighted by atomic mass is 9.69. The van der Waals surface area contributed by atoms with E-state index < -0.39 is 16.8 Å². The van der Waals surface area contributed by atoms with Crippen LogP contribution in [0.25, 0.3) is 0 Å². The molecule has 1 N–H and O–H groups in total. The maximum absolute atomic E-state index is 12.8. The Labute approximate surface area is 203 Å². The molecule has 7 nitrogen and oxygen atoms in total. The second kappa shape index (κ2) is 9.23. The van der Waals surface area contributed by atoms with E-state index in [1.807, 2.05) is 26.8 Å². The predicted molar refractivity (Wildman–Crippen MR) is 129 cm³/mol. The monoisotopic (exact) mass is 475 g/mol. The van der Waals surface area contributed by atoms with Crippen LogP contribution in [0.3, 0.4) is 0 Å². The van der Waals surface area contributed by atoms with Gasteiger partial charge in [0.1, 0.15) is 28.3 Å². The summed E-state index contributed by atoms with van der Waals surface area (Å²) >= 11 is 0. The van der Waals surface area contributed by atoms with Crippen LogP contribution in [0.2, 0.25) is 0 Å². The van der Waals surface area contributed by atoms with Crippen LogP contribution < -0.4 is 4.74 Å². The number of ether oxygens (including phenoxy) is 4. The molecule has 1 amide bonds. The Kier molecular flexibility index (Phi) is 6.82. The van der Waals surface area contributed by atoms with Crippen molar-refractivity contribution >= 4 is 6.09 Å². The van der Waals surface area contributed by atoms with Crippen molar-refractivity contribution in [3.8, 4) is 11.5 Å². The van der Waals surface area contributed by atoms with E-state index in [-0.39, 0.29) is 23.9 Å². The van der Waals surface area contributed by atoms with E-state index in [9.17, 15) is 9.90 Å². The van der Waals surface area contributed by atoms with Gasteiger partial charge in [-0.1, -0.05) is 20.3 Å². The first-order valence-electron chi connectivity index (χ1n) is 12.7. The highest BCUT2D eigenvalue weighted by molar-refractivity contribution is 5.68. The second-order valence-electron chi connectivity index (χ2n) is 11.9. The van der Waals surface area contributed by atoms with Gasteiger partial charge in [-0.25, -0.2) is 4.79 Å². The Morgan fingerprint density at radius 2 is 2.09 bits per heavy atom. The fourth-order valence-corrected chi connectivity index (χ4v) is 5.58. The zero-order chi connectivity index (χ0) is 24.7. The molecule has 1 spiro atoms. The van der Waals surface area contributed by atoms with Crippen molar-refractivity contribution in [3.63, 3.8) is 0 Å². The van der Waals surface area contributed by atoms with Gasteiger partial charge in [-0.2, -0.15) is 0 Å². The van der Waals surface area contributed by atoms with E-state index in [2.05, 4.69) is 20.8 Å². The SMILES string of the molecule is CC(C)CCC[C@@]1(C)Oc2cc(O)ccc2[C@H]2OC[C@@]3(C[C@@H]21)CN(C(=O)OC(C)(C)C)CCO3. The van der Waals surface area contributed by atoms with Crippen molar-refractivity contribution in [2.75, 3.05) is 26.3 Å². The number of fused-ring (bicyclic) bond motifs is 3. The molecule has 2 saturated heterocycles. The number of aromatic hydroxyl groups is 1. The number of phenolic OH excluding ortho intramolecular Hbond substituents is 1. The molecule has 34 heavy (non-hydrogen) atoms. The zero-order valence-electron chi connectivity index (χ0n) is 21.6. The second-order valence-corrected chi connectivity index (χ2v) is 11.9. The molecule has 1 aromatic carbocycles. The van der Waals surface area contributed by atoms with E-state index in [1.165, 1.54) is 0 Å². The lowest BCUT2D eigenvalue weighted by Gasteiger charge is -2.55. The zero-order valence-corrected chi connectivity index (χ0v) is 21.6. The summed E-state index contributed by atoms with van der Waals surface area (Å²) in [7, 11) is 0. The number of nitrogens with zero attached hydrogens (tertiary/aromatic N) is 1. The summed E-state index contributed by atoms with van der Waals surface area (Å²) in [5, 5.41) is 10.1. The van der Waals surface area contributed by atoms with Gasteiger partial charge in [0.05, 0.1) is 25.9 Å². The average molecular weight is 476 g/mol. The fourth-order valence-electron chi connectivity index (χ4n) is 5.58. The van der Waals surface area contributed by atoms with Crippen molar-refractivity contribution in [3.05, 3.63) is 23.8 Å². The van der Waals surface area contributed by atoms with Gasteiger partial charge in [0.25, 0.3) is 0 Å². The maximum atomic E-state index is 12.8. The van der Waals surface area contributed by atoms with Crippen LogP contribution in [0, 0.1) is 11.8 Å². The largest absolute Gasteiger partial charge is 0.508 e. The summed E-state index contributed by atoms with van der Waals surface area (Å²) < 4.78 is 25.1. The van der Waals surface area contributed by atoms with Gasteiger partial charge in [0.2, 0.25) is 0 Å². The Bertz CT molecular complexity index is 896. The summed E-state index contributed by atoms with van der Waals surface area (Å²) in [4.78, 5) is 14.6. The Morgan fingerprint density at radius 1 is 1.32 bits per heavy atom. The minimum atomic E-state index is -0.590. The van der Waals surface area contributed by atoms with E-state index in [0.717, 1.165) is 31.2 Å². The number of benzene rings is 1. The number of carbonyl (C=O) groups excluding carboxylic acids is 1. The highest BCUT2D eigenvalue weighted by atomic mass is 16.6. The van der Waals surface area contributed by atoms with Gasteiger partial charge in [-0.3, -0.25) is 0 Å². The summed E-state index contributed by atoms with van der Waals surface area (Å²) in [6.07, 6.45) is 3.34. The molecule has 190 valence electrons. The van der Waals surface area contributed by atoms with Gasteiger partial charge in [0.15, 0.2) is 0 Å². The van der Waals surface area contributed by atoms with Crippen LogP contribution in [0.4, 0.5) is 4.79 Å². The first-order chi connectivity index (χ1) is 15.9. The third-order valence-electron chi connectivity index (χ3n) is 7.27. The van der Waals surface area contributed by atoms with E-state index >= 15 is 0 Å². The van der Waals surface area contributed by atoms with Crippen LogP contribution in [0.5, 0.6) is 11.5 Å². The van der Waals surface area contributed by atoms with Crippen LogP contribution in [0.15, 0.2) is 18.2 Å². The van der Waals surface area contributed by atoms with Crippen LogP contribution in [0.1, 0.15) is 78.9 Å². The van der Waals surface area contributed by atoms with E-state index in [1.54, 1.807) is 17.0 Å². The van der Waals surface area contributed by atoms with Crippen molar-refractivity contribution < 1.29 is 28.8 Å². The summed E-state index contributed by atoms with van der Waals surface area (Å²) in [5.41, 5.74) is -0.629. The van der Waals surface area contributed by atoms with Crippen molar-refractivity contribution in [2.24, 2.45) is 11.8 Å². The van der Waals surface area contributed by atoms with Crippen molar-refractivity contribution in [1.82, 2.24) is 4.90 Å². The molecule has 1 aromatic rings. The first kappa shape index (κ1) is 25.1. The molecule has 0 bridgehead atoms. The molecular weight excluding hydrogens is 434 g/mol. The summed E-state index contributed by atoms with van der Waals surface area (Å²) in [6.45, 7) is 14.1. The molecule has 3 aliphatic heterocycles. The number of amides is 1. The van der Waals surface area contributed by atoms with Gasteiger partial charge < -0.3 is 29.0 Å². The smallest absolute Gasteiger partial charge is 0.410 e. The molecule has 4 atom stereocenters. The third-order valence-corrected chi connectivity index (χ3v) is 7.27. The molecule has 0 aromatic heterocycles. The number of morpholine rings is 1. The average Bonchev–Trinajstić information content (AvgIpc) is 2.72. The molecule has 3 aliphatic rings. The highest BCUT2D eigenvalue weighted by Gasteiger charge is 2.55. The van der Waals surface area contributed by atoms with Crippen LogP contribution >= 0.6 is 0 Å². The number of hydrogen-bond acceptors (Lipinski definition) is 6. The lowest BCUT2D eigenvalue weighted by Crippen LogP contribution is -2.63. The fraction of sp³-hybridized carbons (Fsp3) is 0.741. The molecule has 0 aliphatic carbocycles. The number of carbonyl (C=O) groups is 1. The molecule has 2 fully saturated rings. The van der Waals surface area contributed by atoms with Crippen LogP contribution in [-0.2, 0) is 14.2 Å². The summed E-state index contributed by atoms with van der Waals surface area (Å²) in [5.74, 6) is 1.57. The highest BCUT2D eigenvalue weighted by Crippen LogP contribution is 2.54. The predicted octanol–water partition coefficient (Wildman–Crippen LogP) is 5.45. The first-order valence-corrected chi connectivity index (χ1v) is 12.7. The lowest BCUT2D eigenvalue weighted by molar-refractivity contribution is -0.231. The minimum absolute atomic E-state index is 0.0593. The topological polar surface area (TPSA) is 77.5 Å². The van der Waals surface area contributed by atoms with E-state index in [4.69, 9.17) is 18.9 Å². The number of hydrogen-bond donors (Lipinski definition) is 1. The molecular formula is C27H41NO6. The van der Waals surface area contributed by atoms with E-state index in [0.29, 0.717) is 38.0 Å². The van der Waals surface area contributed by atoms with Gasteiger partial charge in [0, 0.05) is 24.1 Å². The van der Waals surface area contributed by atoms with Gasteiger partial charge in [-0.15, -0.1) is 0 Å². The third kappa shape index (κ3) is 5.30. The van der Waals surface area contributed by atoms with Crippen LogP contribution in [-0.4, -0.2) is 59.2 Å². The van der Waals surface area contributed by atoms with Crippen molar-refractivity contribution in [2.45, 2.75) is 90.1 Å². The Balaban J connectivity index is 1.59. The summed E-state index contributed by atoms with van der Waals surface area (Å²) in [6, 6.07) is 5.29. The molecule has 0 radical (unpaired) electrons. The van der Waals surface area contributed by atoms with Gasteiger partial charge in [-0.05, 0) is 65.0 Å². The Hall–Kier alpha value is -1.99. The Morgan fingerprint density at radius 3 is 2.79 bits per heavy atom. The number of rotatable bonds is 4. The van der Waals surface area contributed by atoms with Gasteiger partial charge >= 0.3 is 6.09 Å². The normalized spacial score (nSPS) is 31.1. The molecule has 7 heteroatoms.